The highest BCUT2D eigenvalue weighted by Crippen LogP contribution is 2.21. The van der Waals surface area contributed by atoms with Crippen molar-refractivity contribution in [3.05, 3.63) is 41.5 Å². The van der Waals surface area contributed by atoms with Gasteiger partial charge in [0.15, 0.2) is 0 Å². The molecule has 1 aromatic carbocycles. The van der Waals surface area contributed by atoms with Gasteiger partial charge in [0.05, 0.1) is 0 Å². The van der Waals surface area contributed by atoms with Crippen LogP contribution in [0.2, 0.25) is 0 Å². The van der Waals surface area contributed by atoms with Crippen LogP contribution in [-0.4, -0.2) is 35.3 Å². The Morgan fingerprint density at radius 1 is 1.19 bits per heavy atom. The molecule has 4 nitrogen and oxygen atoms in total. The highest BCUT2D eigenvalue weighted by atomic mass is 19.1. The quantitative estimate of drug-likeness (QED) is 0.766. The molecule has 1 N–H and O–H groups in total. The van der Waals surface area contributed by atoms with E-state index >= 15 is 0 Å². The normalized spacial score (nSPS) is 20.6. The van der Waals surface area contributed by atoms with E-state index in [9.17, 15) is 18.4 Å². The van der Waals surface area contributed by atoms with Crippen molar-refractivity contribution in [2.24, 2.45) is 11.8 Å². The Bertz CT molecular complexity index is 696. The van der Waals surface area contributed by atoms with Crippen molar-refractivity contribution in [1.82, 2.24) is 10.2 Å². The van der Waals surface area contributed by atoms with Crippen molar-refractivity contribution < 1.29 is 18.4 Å². The number of benzene rings is 1. The van der Waals surface area contributed by atoms with Crippen LogP contribution in [0.4, 0.5) is 8.78 Å². The molecule has 0 spiro atoms. The van der Waals surface area contributed by atoms with Gasteiger partial charge in [0.1, 0.15) is 17.7 Å². The zero-order valence-electron chi connectivity index (χ0n) is 16.3. The summed E-state index contributed by atoms with van der Waals surface area (Å²) >= 11 is 0. The third-order valence-corrected chi connectivity index (χ3v) is 4.57. The fourth-order valence-corrected chi connectivity index (χ4v) is 3.40. The molecule has 0 radical (unpaired) electrons. The predicted molar refractivity (Wildman–Crippen MR) is 102 cm³/mol. The highest BCUT2D eigenvalue weighted by Gasteiger charge is 2.36. The second kappa shape index (κ2) is 9.11. The highest BCUT2D eigenvalue weighted by molar-refractivity contribution is 5.96. The Kier molecular flexibility index (Phi) is 7.11. The topological polar surface area (TPSA) is 49.4 Å². The Morgan fingerprint density at radius 3 is 2.33 bits per heavy atom. The summed E-state index contributed by atoms with van der Waals surface area (Å²) in [4.78, 5) is 26.9. The molecule has 6 heteroatoms. The molecule has 0 unspecified atom stereocenters. The lowest BCUT2D eigenvalue weighted by molar-refractivity contribution is -0.142. The predicted octanol–water partition coefficient (Wildman–Crippen LogP) is 3.77. The van der Waals surface area contributed by atoms with Crippen molar-refractivity contribution in [2.75, 3.05) is 6.54 Å². The van der Waals surface area contributed by atoms with Crippen LogP contribution >= 0.6 is 0 Å². The van der Waals surface area contributed by atoms with Crippen molar-refractivity contribution in [3.8, 4) is 0 Å². The van der Waals surface area contributed by atoms with E-state index in [0.29, 0.717) is 18.9 Å². The number of piperazine rings is 1. The number of carbonyl (C=O) groups is 2. The summed E-state index contributed by atoms with van der Waals surface area (Å²) in [6.07, 6.45) is 3.59. The molecule has 0 saturated carbocycles. The monoisotopic (exact) mass is 378 g/mol. The smallest absolute Gasteiger partial charge is 0.247 e. The first-order chi connectivity index (χ1) is 12.7. The van der Waals surface area contributed by atoms with Gasteiger partial charge in [-0.15, -0.1) is 0 Å². The van der Waals surface area contributed by atoms with Gasteiger partial charge < -0.3 is 10.2 Å². The van der Waals surface area contributed by atoms with Gasteiger partial charge >= 0.3 is 0 Å². The first-order valence-electron chi connectivity index (χ1n) is 9.42. The molecular formula is C21H28F2N2O2. The van der Waals surface area contributed by atoms with E-state index in [1.165, 1.54) is 11.0 Å². The first kappa shape index (κ1) is 21.1. The van der Waals surface area contributed by atoms with Gasteiger partial charge in [0.25, 0.3) is 0 Å². The maximum atomic E-state index is 13.8. The zero-order chi connectivity index (χ0) is 20.1. The van der Waals surface area contributed by atoms with Crippen LogP contribution in [0.25, 0.3) is 6.08 Å². The van der Waals surface area contributed by atoms with Gasteiger partial charge in [-0.1, -0.05) is 33.8 Å². The minimum atomic E-state index is -0.730. The first-order valence-corrected chi connectivity index (χ1v) is 9.42. The SMILES string of the molecule is CC(C)C[C@H]1CN(C(=O)/C=C/c2c(F)cccc2F)[C@@H](CC(C)C)C(=O)N1. The number of carbonyl (C=O) groups excluding carboxylic acids is 2. The standard InChI is InChI=1S/C21H28F2N2O2/c1-13(2)10-15-12-25(19(11-14(3)4)21(27)24-15)20(26)9-8-16-17(22)6-5-7-18(16)23/h5-9,13-15,19H,10-12H2,1-4H3,(H,24,27)/b9-8+/t15-,19-/m0/s1. The molecule has 2 rings (SSSR count). The Morgan fingerprint density at radius 2 is 1.78 bits per heavy atom. The molecule has 0 aliphatic carbocycles. The molecule has 2 atom stereocenters. The van der Waals surface area contributed by atoms with E-state index in [2.05, 4.69) is 19.2 Å². The average Bonchev–Trinajstić information content (AvgIpc) is 2.55. The van der Waals surface area contributed by atoms with Crippen molar-refractivity contribution >= 4 is 17.9 Å². The van der Waals surface area contributed by atoms with E-state index < -0.39 is 23.6 Å². The lowest BCUT2D eigenvalue weighted by atomic mass is 9.95. The van der Waals surface area contributed by atoms with Crippen molar-refractivity contribution in [1.29, 1.82) is 0 Å². The molecule has 1 fully saturated rings. The molecule has 1 saturated heterocycles. The molecule has 0 bridgehead atoms. The minimum absolute atomic E-state index is 0.122. The number of rotatable bonds is 6. The maximum Gasteiger partial charge on any atom is 0.247 e. The second-order valence-corrected chi connectivity index (χ2v) is 7.94. The van der Waals surface area contributed by atoms with Crippen LogP contribution in [-0.2, 0) is 9.59 Å². The fourth-order valence-electron chi connectivity index (χ4n) is 3.40. The van der Waals surface area contributed by atoms with E-state index in [1.54, 1.807) is 0 Å². The third kappa shape index (κ3) is 5.62. The zero-order valence-corrected chi connectivity index (χ0v) is 16.3. The Labute approximate surface area is 159 Å². The lowest BCUT2D eigenvalue weighted by Gasteiger charge is -2.40. The fraction of sp³-hybridized carbons (Fsp3) is 0.524. The Balaban J connectivity index is 2.24. The van der Waals surface area contributed by atoms with Gasteiger partial charge in [-0.25, -0.2) is 8.78 Å². The number of hydrogen-bond acceptors (Lipinski definition) is 2. The second-order valence-electron chi connectivity index (χ2n) is 7.94. The third-order valence-electron chi connectivity index (χ3n) is 4.57. The van der Waals surface area contributed by atoms with Gasteiger partial charge in [0, 0.05) is 24.2 Å². The van der Waals surface area contributed by atoms with Crippen molar-refractivity contribution in [3.63, 3.8) is 0 Å². The minimum Gasteiger partial charge on any atom is -0.350 e. The average molecular weight is 378 g/mol. The summed E-state index contributed by atoms with van der Waals surface area (Å²) in [5.74, 6) is -1.44. The van der Waals surface area contributed by atoms with Crippen LogP contribution in [0, 0.1) is 23.5 Å². The lowest BCUT2D eigenvalue weighted by Crippen LogP contribution is -2.61. The van der Waals surface area contributed by atoms with E-state index in [0.717, 1.165) is 30.7 Å². The molecule has 1 aromatic rings. The van der Waals surface area contributed by atoms with Crippen LogP contribution < -0.4 is 5.32 Å². The van der Waals surface area contributed by atoms with E-state index in [1.807, 2.05) is 13.8 Å². The van der Waals surface area contributed by atoms with Crippen molar-refractivity contribution in [2.45, 2.75) is 52.6 Å². The molecule has 27 heavy (non-hydrogen) atoms. The number of hydrogen-bond donors (Lipinski definition) is 1. The molecule has 2 amide bonds. The summed E-state index contributed by atoms with van der Waals surface area (Å²) < 4.78 is 27.6. The van der Waals surface area contributed by atoms with Gasteiger partial charge in [0.2, 0.25) is 11.8 Å². The van der Waals surface area contributed by atoms with Gasteiger partial charge in [-0.3, -0.25) is 9.59 Å². The number of halogens is 2. The van der Waals surface area contributed by atoms with Gasteiger partial charge in [-0.2, -0.15) is 0 Å². The summed E-state index contributed by atoms with van der Waals surface area (Å²) in [6, 6.07) is 2.86. The van der Waals surface area contributed by atoms with Gasteiger partial charge in [-0.05, 0) is 42.9 Å². The summed E-state index contributed by atoms with van der Waals surface area (Å²) in [5.41, 5.74) is -0.258. The summed E-state index contributed by atoms with van der Waals surface area (Å²) in [6.45, 7) is 8.48. The molecule has 148 valence electrons. The molecule has 0 aromatic heterocycles. The van der Waals surface area contributed by atoms with E-state index in [-0.39, 0.29) is 23.4 Å². The number of nitrogens with zero attached hydrogens (tertiary/aromatic N) is 1. The number of amides is 2. The molecule has 1 heterocycles. The number of nitrogens with one attached hydrogen (secondary N) is 1. The van der Waals surface area contributed by atoms with Crippen LogP contribution in [0.15, 0.2) is 24.3 Å². The maximum absolute atomic E-state index is 13.8. The molecular weight excluding hydrogens is 350 g/mol. The molecule has 1 aliphatic rings. The van der Waals surface area contributed by atoms with Crippen LogP contribution in [0.5, 0.6) is 0 Å². The van der Waals surface area contributed by atoms with E-state index in [4.69, 9.17) is 0 Å². The van der Waals surface area contributed by atoms with Crippen LogP contribution in [0.1, 0.15) is 46.1 Å². The molecule has 1 aliphatic heterocycles. The summed E-state index contributed by atoms with van der Waals surface area (Å²) in [7, 11) is 0. The Hall–Kier alpha value is -2.24. The van der Waals surface area contributed by atoms with Crippen LogP contribution in [0.3, 0.4) is 0 Å². The summed E-state index contributed by atoms with van der Waals surface area (Å²) in [5, 5.41) is 3.00. The largest absolute Gasteiger partial charge is 0.350 e.